The smallest absolute Gasteiger partial charge is 0.244 e. The molecule has 7 nitrogen and oxygen atoms in total. The van der Waals surface area contributed by atoms with Crippen molar-refractivity contribution in [3.63, 3.8) is 0 Å². The minimum atomic E-state index is -3.74. The Morgan fingerprint density at radius 2 is 1.81 bits per heavy atom. The molecular formula is C21H25Br2N3O4S. The van der Waals surface area contributed by atoms with Crippen molar-refractivity contribution in [2.45, 2.75) is 26.4 Å². The van der Waals surface area contributed by atoms with E-state index in [0.29, 0.717) is 5.69 Å². The van der Waals surface area contributed by atoms with Crippen LogP contribution in [0.5, 0.6) is 0 Å². The van der Waals surface area contributed by atoms with Crippen LogP contribution in [0.25, 0.3) is 0 Å². The third-order valence-electron chi connectivity index (χ3n) is 4.76. The molecule has 0 aliphatic rings. The summed E-state index contributed by atoms with van der Waals surface area (Å²) in [6, 6.07) is 11.7. The van der Waals surface area contributed by atoms with Crippen molar-refractivity contribution in [2.75, 3.05) is 24.2 Å². The SMILES string of the molecule is CNC(=O)[C@@H](C)N(Cc1cccc(Br)c1)C(=O)CN(c1ccc(Br)c(C)c1)S(C)(=O)=O. The van der Waals surface area contributed by atoms with Crippen LogP contribution in [0.15, 0.2) is 51.4 Å². The molecule has 0 saturated carbocycles. The lowest BCUT2D eigenvalue weighted by Gasteiger charge is -2.31. The second kappa shape index (κ2) is 10.6. The van der Waals surface area contributed by atoms with Crippen molar-refractivity contribution in [3.8, 4) is 0 Å². The summed E-state index contributed by atoms with van der Waals surface area (Å²) in [6.07, 6.45) is 1.05. The summed E-state index contributed by atoms with van der Waals surface area (Å²) < 4.78 is 27.7. The number of halogens is 2. The maximum atomic E-state index is 13.3. The lowest BCUT2D eigenvalue weighted by atomic mass is 10.1. The number of sulfonamides is 1. The van der Waals surface area contributed by atoms with Gasteiger partial charge >= 0.3 is 0 Å². The Hall–Kier alpha value is -1.91. The van der Waals surface area contributed by atoms with E-state index in [1.807, 2.05) is 31.2 Å². The van der Waals surface area contributed by atoms with Gasteiger partial charge in [-0.15, -0.1) is 0 Å². The van der Waals surface area contributed by atoms with E-state index in [1.54, 1.807) is 25.1 Å². The third kappa shape index (κ3) is 6.78. The molecule has 31 heavy (non-hydrogen) atoms. The van der Waals surface area contributed by atoms with Crippen molar-refractivity contribution in [3.05, 3.63) is 62.5 Å². The summed E-state index contributed by atoms with van der Waals surface area (Å²) in [7, 11) is -2.25. The first-order valence-corrected chi connectivity index (χ1v) is 12.9. The molecule has 0 aliphatic heterocycles. The molecule has 2 rings (SSSR count). The predicted molar refractivity (Wildman–Crippen MR) is 129 cm³/mol. The highest BCUT2D eigenvalue weighted by molar-refractivity contribution is 9.10. The average molecular weight is 575 g/mol. The van der Waals surface area contributed by atoms with Gasteiger partial charge in [-0.1, -0.05) is 44.0 Å². The van der Waals surface area contributed by atoms with Gasteiger partial charge in [-0.2, -0.15) is 0 Å². The number of nitrogens with one attached hydrogen (secondary N) is 1. The van der Waals surface area contributed by atoms with Crippen molar-refractivity contribution >= 4 is 59.4 Å². The fourth-order valence-electron chi connectivity index (χ4n) is 3.02. The first-order valence-electron chi connectivity index (χ1n) is 9.43. The third-order valence-corrected chi connectivity index (χ3v) is 7.29. The van der Waals surface area contributed by atoms with Crippen LogP contribution in [-0.2, 0) is 26.2 Å². The van der Waals surface area contributed by atoms with Crippen LogP contribution in [0.1, 0.15) is 18.1 Å². The molecule has 1 atom stereocenters. The van der Waals surface area contributed by atoms with Crippen LogP contribution in [-0.4, -0.2) is 51.0 Å². The van der Waals surface area contributed by atoms with E-state index in [9.17, 15) is 18.0 Å². The zero-order valence-electron chi connectivity index (χ0n) is 17.7. The van der Waals surface area contributed by atoms with E-state index in [1.165, 1.54) is 11.9 Å². The van der Waals surface area contributed by atoms with Crippen LogP contribution in [0.3, 0.4) is 0 Å². The lowest BCUT2D eigenvalue weighted by Crippen LogP contribution is -2.50. The molecule has 0 fully saturated rings. The maximum absolute atomic E-state index is 13.3. The van der Waals surface area contributed by atoms with Gasteiger partial charge in [0.1, 0.15) is 12.6 Å². The number of amides is 2. The minimum absolute atomic E-state index is 0.157. The maximum Gasteiger partial charge on any atom is 0.244 e. The molecule has 0 spiro atoms. The second-order valence-corrected chi connectivity index (χ2v) is 10.8. The average Bonchev–Trinajstić information content (AvgIpc) is 2.70. The van der Waals surface area contributed by atoms with Crippen LogP contribution in [0.4, 0.5) is 5.69 Å². The summed E-state index contributed by atoms with van der Waals surface area (Å²) >= 11 is 6.80. The number of likely N-dealkylation sites (N-methyl/N-ethyl adjacent to an activating group) is 1. The van der Waals surface area contributed by atoms with Gasteiger partial charge in [-0.25, -0.2) is 8.42 Å². The number of aryl methyl sites for hydroxylation is 1. The van der Waals surface area contributed by atoms with Gasteiger partial charge in [0.25, 0.3) is 0 Å². The number of nitrogens with zero attached hydrogens (tertiary/aromatic N) is 2. The van der Waals surface area contributed by atoms with Gasteiger partial charge < -0.3 is 10.2 Å². The summed E-state index contributed by atoms with van der Waals surface area (Å²) in [6.45, 7) is 3.19. The Balaban J connectivity index is 2.40. The van der Waals surface area contributed by atoms with Crippen LogP contribution < -0.4 is 9.62 Å². The van der Waals surface area contributed by atoms with Gasteiger partial charge in [-0.3, -0.25) is 13.9 Å². The van der Waals surface area contributed by atoms with Crippen LogP contribution >= 0.6 is 31.9 Å². The fourth-order valence-corrected chi connectivity index (χ4v) is 4.56. The van der Waals surface area contributed by atoms with Crippen molar-refractivity contribution in [1.82, 2.24) is 10.2 Å². The summed E-state index contributed by atoms with van der Waals surface area (Å²) in [5, 5.41) is 2.55. The van der Waals surface area contributed by atoms with Gasteiger partial charge in [0.15, 0.2) is 0 Å². The van der Waals surface area contributed by atoms with E-state index in [2.05, 4.69) is 37.2 Å². The minimum Gasteiger partial charge on any atom is -0.357 e. The van der Waals surface area contributed by atoms with E-state index in [0.717, 1.165) is 30.6 Å². The van der Waals surface area contributed by atoms with Gasteiger partial charge in [0.05, 0.1) is 11.9 Å². The molecule has 2 amide bonds. The lowest BCUT2D eigenvalue weighted by molar-refractivity contribution is -0.139. The number of hydrogen-bond acceptors (Lipinski definition) is 4. The Bertz CT molecular complexity index is 1080. The van der Waals surface area contributed by atoms with Gasteiger partial charge in [-0.05, 0) is 55.3 Å². The Morgan fingerprint density at radius 1 is 1.13 bits per heavy atom. The normalized spacial score (nSPS) is 12.2. The quantitative estimate of drug-likeness (QED) is 0.523. The highest BCUT2D eigenvalue weighted by Crippen LogP contribution is 2.25. The number of benzene rings is 2. The summed E-state index contributed by atoms with van der Waals surface area (Å²) in [4.78, 5) is 27.0. The molecular weight excluding hydrogens is 550 g/mol. The highest BCUT2D eigenvalue weighted by Gasteiger charge is 2.29. The molecule has 0 unspecified atom stereocenters. The van der Waals surface area contributed by atoms with Gasteiger partial charge in [0.2, 0.25) is 21.8 Å². The first kappa shape index (κ1) is 25.4. The molecule has 1 N–H and O–H groups in total. The number of carbonyl (C=O) groups excluding carboxylic acids is 2. The Morgan fingerprint density at radius 3 is 2.35 bits per heavy atom. The molecule has 0 aromatic heterocycles. The molecule has 10 heteroatoms. The molecule has 168 valence electrons. The number of carbonyl (C=O) groups is 2. The monoisotopic (exact) mass is 573 g/mol. The molecule has 0 radical (unpaired) electrons. The van der Waals surface area contributed by atoms with E-state index in [4.69, 9.17) is 0 Å². The molecule has 2 aromatic carbocycles. The Labute approximate surface area is 200 Å². The topological polar surface area (TPSA) is 86.8 Å². The highest BCUT2D eigenvalue weighted by atomic mass is 79.9. The number of anilines is 1. The van der Waals surface area contributed by atoms with E-state index in [-0.39, 0.29) is 12.5 Å². The second-order valence-electron chi connectivity index (χ2n) is 7.14. The fraction of sp³-hybridized carbons (Fsp3) is 0.333. The summed E-state index contributed by atoms with van der Waals surface area (Å²) in [5.74, 6) is -0.823. The standard InChI is InChI=1S/C21H25Br2N3O4S/c1-14-10-18(8-9-19(14)23)26(31(4,29)30)13-20(27)25(15(2)21(28)24-3)12-16-6-5-7-17(22)11-16/h5-11,15H,12-13H2,1-4H3,(H,24,28)/t15-/m1/s1. The summed E-state index contributed by atoms with van der Waals surface area (Å²) in [5.41, 5.74) is 2.03. The molecule has 0 heterocycles. The number of rotatable bonds is 8. The molecule has 0 saturated heterocycles. The largest absolute Gasteiger partial charge is 0.357 e. The predicted octanol–water partition coefficient (Wildman–Crippen LogP) is 3.45. The molecule has 2 aromatic rings. The number of hydrogen-bond donors (Lipinski definition) is 1. The first-order chi connectivity index (χ1) is 14.4. The molecule has 0 bridgehead atoms. The van der Waals surface area contributed by atoms with E-state index < -0.39 is 28.5 Å². The van der Waals surface area contributed by atoms with Gasteiger partial charge in [0, 0.05) is 22.5 Å². The van der Waals surface area contributed by atoms with Crippen molar-refractivity contribution in [1.29, 1.82) is 0 Å². The van der Waals surface area contributed by atoms with Crippen LogP contribution in [0, 0.1) is 6.92 Å². The zero-order chi connectivity index (χ0) is 23.3. The van der Waals surface area contributed by atoms with Crippen LogP contribution in [0.2, 0.25) is 0 Å². The molecule has 0 aliphatic carbocycles. The Kier molecular flexibility index (Phi) is 8.67. The zero-order valence-corrected chi connectivity index (χ0v) is 21.7. The van der Waals surface area contributed by atoms with E-state index >= 15 is 0 Å². The van der Waals surface area contributed by atoms with Crippen molar-refractivity contribution < 1.29 is 18.0 Å². The van der Waals surface area contributed by atoms with Crippen molar-refractivity contribution in [2.24, 2.45) is 0 Å².